The van der Waals surface area contributed by atoms with Gasteiger partial charge in [0.25, 0.3) is 5.79 Å². The number of fused-ring (bicyclic) bond motifs is 2. The number of carbonyl (C=O) groups excluding carboxylic acids is 4. The summed E-state index contributed by atoms with van der Waals surface area (Å²) in [5, 5.41) is 0. The van der Waals surface area contributed by atoms with Gasteiger partial charge < -0.3 is 23.7 Å². The minimum atomic E-state index is -1.71. The van der Waals surface area contributed by atoms with Gasteiger partial charge in [-0.05, 0) is 0 Å². The third kappa shape index (κ3) is 3.44. The Labute approximate surface area is 132 Å². The minimum Gasteiger partial charge on any atom is -0.459 e. The molecule has 1 saturated carbocycles. The van der Waals surface area contributed by atoms with E-state index in [1.54, 1.807) is 0 Å². The summed E-state index contributed by atoms with van der Waals surface area (Å²) in [6.07, 6.45) is -2.92. The number of hydrogen-bond acceptors (Lipinski definition) is 9. The molecule has 1 aliphatic heterocycles. The highest BCUT2D eigenvalue weighted by molar-refractivity contribution is 5.70. The van der Waals surface area contributed by atoms with E-state index < -0.39 is 54.1 Å². The van der Waals surface area contributed by atoms with Gasteiger partial charge in [0, 0.05) is 34.1 Å². The molecule has 1 saturated heterocycles. The molecule has 1 unspecified atom stereocenters. The van der Waals surface area contributed by atoms with Crippen LogP contribution in [0, 0.1) is 5.92 Å². The van der Waals surface area contributed by atoms with Crippen molar-refractivity contribution in [2.24, 2.45) is 5.92 Å². The molecule has 1 aliphatic carbocycles. The first-order valence-corrected chi connectivity index (χ1v) is 7.03. The van der Waals surface area contributed by atoms with Crippen LogP contribution in [-0.4, -0.2) is 48.2 Å². The summed E-state index contributed by atoms with van der Waals surface area (Å²) in [5.74, 6) is -4.86. The second-order valence-corrected chi connectivity index (χ2v) is 5.48. The van der Waals surface area contributed by atoms with Crippen molar-refractivity contribution in [3.8, 4) is 0 Å². The third-order valence-corrected chi connectivity index (χ3v) is 3.52. The Morgan fingerprint density at radius 1 is 0.870 bits per heavy atom. The summed E-state index contributed by atoms with van der Waals surface area (Å²) in [6.45, 7) is 4.72. The maximum atomic E-state index is 11.4. The van der Waals surface area contributed by atoms with Crippen molar-refractivity contribution < 1.29 is 42.9 Å². The second-order valence-electron chi connectivity index (χ2n) is 5.48. The lowest BCUT2D eigenvalue weighted by molar-refractivity contribution is -0.297. The minimum absolute atomic E-state index is 0.00722. The highest BCUT2D eigenvalue weighted by Gasteiger charge is 2.69. The van der Waals surface area contributed by atoms with Crippen molar-refractivity contribution in [1.82, 2.24) is 0 Å². The van der Waals surface area contributed by atoms with E-state index >= 15 is 0 Å². The number of hydrogen-bond donors (Lipinski definition) is 0. The van der Waals surface area contributed by atoms with Crippen LogP contribution in [0.15, 0.2) is 0 Å². The molecule has 9 heteroatoms. The molecule has 0 aromatic rings. The molecular weight excluding hydrogens is 312 g/mol. The predicted octanol–water partition coefficient (Wildman–Crippen LogP) is 0.0485. The van der Waals surface area contributed by atoms with Crippen molar-refractivity contribution in [3.63, 3.8) is 0 Å². The zero-order valence-electron chi connectivity index (χ0n) is 13.2. The Morgan fingerprint density at radius 3 is 1.83 bits per heavy atom. The summed E-state index contributed by atoms with van der Waals surface area (Å²) in [7, 11) is 0. The Balaban J connectivity index is 2.30. The topological polar surface area (TPSA) is 114 Å². The number of esters is 4. The van der Waals surface area contributed by atoms with Gasteiger partial charge in [-0.25, -0.2) is 0 Å². The lowest BCUT2D eigenvalue weighted by atomic mass is 10.1. The zero-order valence-corrected chi connectivity index (χ0v) is 13.2. The standard InChI is InChI=1S/C14H18O9/c1-6(15)19-11-10-5-14(22-8(3)17,23-9(4)18)12(11)21-13(10)20-7(2)16/h10-13H,5H2,1-4H3/t10-,11?,12-,13-/m1/s1. The fourth-order valence-electron chi connectivity index (χ4n) is 3.04. The zero-order chi connectivity index (χ0) is 17.4. The second kappa shape index (κ2) is 6.15. The van der Waals surface area contributed by atoms with Crippen molar-refractivity contribution in [3.05, 3.63) is 0 Å². The van der Waals surface area contributed by atoms with E-state index in [2.05, 4.69) is 0 Å². The van der Waals surface area contributed by atoms with E-state index in [0.717, 1.165) is 13.8 Å². The number of ether oxygens (including phenoxy) is 5. The molecule has 0 N–H and O–H groups in total. The Kier molecular flexibility index (Phi) is 4.60. The summed E-state index contributed by atoms with van der Waals surface area (Å²) < 4.78 is 26.1. The lowest BCUT2D eigenvalue weighted by Gasteiger charge is -2.36. The van der Waals surface area contributed by atoms with Gasteiger partial charge >= 0.3 is 23.9 Å². The molecule has 0 amide bonds. The SMILES string of the molecule is CC(=O)OC1[C@H]2CC(OC(C)=O)(OC(C)=O)[C@@H]1O[C@H]2OC(C)=O. The molecule has 0 aromatic carbocycles. The highest BCUT2D eigenvalue weighted by Crippen LogP contribution is 2.51. The van der Waals surface area contributed by atoms with E-state index in [0.29, 0.717) is 0 Å². The van der Waals surface area contributed by atoms with E-state index in [9.17, 15) is 19.2 Å². The largest absolute Gasteiger partial charge is 0.459 e. The Bertz CT molecular complexity index is 524. The first-order valence-electron chi connectivity index (χ1n) is 7.03. The van der Waals surface area contributed by atoms with Gasteiger partial charge in [-0.15, -0.1) is 0 Å². The molecule has 2 fully saturated rings. The van der Waals surface area contributed by atoms with Crippen molar-refractivity contribution in [2.75, 3.05) is 0 Å². The van der Waals surface area contributed by atoms with Crippen LogP contribution in [0.1, 0.15) is 34.1 Å². The monoisotopic (exact) mass is 330 g/mol. The first-order chi connectivity index (χ1) is 10.6. The number of rotatable bonds is 4. The van der Waals surface area contributed by atoms with Gasteiger partial charge in [-0.1, -0.05) is 0 Å². The molecular formula is C14H18O9. The van der Waals surface area contributed by atoms with E-state index in [-0.39, 0.29) is 6.42 Å². The fourth-order valence-corrected chi connectivity index (χ4v) is 3.04. The molecule has 0 spiro atoms. The summed E-state index contributed by atoms with van der Waals surface area (Å²) in [5.41, 5.74) is 0. The van der Waals surface area contributed by atoms with Crippen LogP contribution in [0.5, 0.6) is 0 Å². The summed E-state index contributed by atoms with van der Waals surface area (Å²) in [4.78, 5) is 45.2. The van der Waals surface area contributed by atoms with Crippen molar-refractivity contribution in [1.29, 1.82) is 0 Å². The van der Waals surface area contributed by atoms with Gasteiger partial charge in [0.2, 0.25) is 6.29 Å². The van der Waals surface area contributed by atoms with E-state index in [4.69, 9.17) is 23.7 Å². The molecule has 2 rings (SSSR count). The smallest absolute Gasteiger partial charge is 0.306 e. The van der Waals surface area contributed by atoms with Crippen LogP contribution in [0.4, 0.5) is 0 Å². The highest BCUT2D eigenvalue weighted by atomic mass is 16.8. The van der Waals surface area contributed by atoms with Gasteiger partial charge in [0.1, 0.15) is 6.10 Å². The maximum Gasteiger partial charge on any atom is 0.306 e. The van der Waals surface area contributed by atoms with E-state index in [1.165, 1.54) is 13.8 Å². The molecule has 4 atom stereocenters. The molecule has 2 bridgehead atoms. The molecule has 128 valence electrons. The molecule has 9 nitrogen and oxygen atoms in total. The van der Waals surface area contributed by atoms with Crippen LogP contribution >= 0.6 is 0 Å². The maximum absolute atomic E-state index is 11.4. The van der Waals surface area contributed by atoms with Crippen LogP contribution in [0.3, 0.4) is 0 Å². The Morgan fingerprint density at radius 2 is 1.39 bits per heavy atom. The first kappa shape index (κ1) is 17.2. The Hall–Kier alpha value is -2.16. The fraction of sp³-hybridized carbons (Fsp3) is 0.714. The average Bonchev–Trinajstić information content (AvgIpc) is 2.77. The van der Waals surface area contributed by atoms with Crippen molar-refractivity contribution in [2.45, 2.75) is 58.4 Å². The number of carbonyl (C=O) groups is 4. The predicted molar refractivity (Wildman–Crippen MR) is 70.4 cm³/mol. The normalized spacial score (nSPS) is 30.4. The molecule has 0 radical (unpaired) electrons. The molecule has 0 aromatic heterocycles. The van der Waals surface area contributed by atoms with Crippen LogP contribution in [0.25, 0.3) is 0 Å². The van der Waals surface area contributed by atoms with Gasteiger partial charge in [0.15, 0.2) is 6.10 Å². The quantitative estimate of drug-likeness (QED) is 0.400. The molecule has 2 aliphatic rings. The van der Waals surface area contributed by atoms with Crippen LogP contribution < -0.4 is 0 Å². The van der Waals surface area contributed by atoms with Gasteiger partial charge in [0.05, 0.1) is 5.92 Å². The third-order valence-electron chi connectivity index (χ3n) is 3.52. The van der Waals surface area contributed by atoms with Gasteiger partial charge in [-0.2, -0.15) is 0 Å². The van der Waals surface area contributed by atoms with Crippen molar-refractivity contribution >= 4 is 23.9 Å². The van der Waals surface area contributed by atoms with Crippen LogP contribution in [0.2, 0.25) is 0 Å². The average molecular weight is 330 g/mol. The van der Waals surface area contributed by atoms with Crippen LogP contribution in [-0.2, 0) is 42.9 Å². The van der Waals surface area contributed by atoms with E-state index in [1.807, 2.05) is 0 Å². The lowest BCUT2D eigenvalue weighted by Crippen LogP contribution is -2.52. The summed E-state index contributed by atoms with van der Waals surface area (Å²) >= 11 is 0. The summed E-state index contributed by atoms with van der Waals surface area (Å²) in [6, 6.07) is 0. The molecule has 1 heterocycles. The molecule has 23 heavy (non-hydrogen) atoms. The van der Waals surface area contributed by atoms with Gasteiger partial charge in [-0.3, -0.25) is 19.2 Å².